The number of hydrogen-bond donors (Lipinski definition) is 0. The van der Waals surface area contributed by atoms with E-state index in [0.717, 1.165) is 48.6 Å². The molecule has 0 bridgehead atoms. The third kappa shape index (κ3) is 5.05. The van der Waals surface area contributed by atoms with Crippen LogP contribution >= 0.6 is 11.8 Å². The molecule has 0 unspecified atom stereocenters. The molecule has 5 heteroatoms. The zero-order valence-corrected chi connectivity index (χ0v) is 15.1. The van der Waals surface area contributed by atoms with Crippen LogP contribution in [0, 0.1) is 5.82 Å². The first kappa shape index (κ1) is 17.9. The van der Waals surface area contributed by atoms with E-state index in [2.05, 4.69) is 4.98 Å². The van der Waals surface area contributed by atoms with Crippen molar-refractivity contribution in [1.82, 2.24) is 9.88 Å². The smallest absolute Gasteiger partial charge is 0.223 e. The van der Waals surface area contributed by atoms with Crippen molar-refractivity contribution in [2.75, 3.05) is 12.3 Å². The Bertz CT molecular complexity index is 678. The molecular formula is C20H23FN2OS. The second-order valence-electron chi connectivity index (χ2n) is 6.28. The van der Waals surface area contributed by atoms with E-state index < -0.39 is 0 Å². The second kappa shape index (κ2) is 8.99. The molecule has 1 aliphatic rings. The summed E-state index contributed by atoms with van der Waals surface area (Å²) in [6, 6.07) is 12.6. The highest BCUT2D eigenvalue weighted by Crippen LogP contribution is 2.30. The van der Waals surface area contributed by atoms with Crippen molar-refractivity contribution in [3.63, 3.8) is 0 Å². The normalized spacial score (nSPS) is 17.5. The highest BCUT2D eigenvalue weighted by molar-refractivity contribution is 7.98. The first-order valence-corrected chi connectivity index (χ1v) is 9.92. The summed E-state index contributed by atoms with van der Waals surface area (Å²) in [7, 11) is 0. The number of pyridine rings is 1. The molecule has 1 amide bonds. The van der Waals surface area contributed by atoms with E-state index in [9.17, 15) is 9.18 Å². The maximum absolute atomic E-state index is 12.9. The Morgan fingerprint density at radius 1 is 1.20 bits per heavy atom. The van der Waals surface area contributed by atoms with Crippen molar-refractivity contribution >= 4 is 17.7 Å². The van der Waals surface area contributed by atoms with E-state index in [1.807, 2.05) is 23.1 Å². The molecule has 0 aliphatic carbocycles. The van der Waals surface area contributed by atoms with E-state index >= 15 is 0 Å². The number of carbonyl (C=O) groups is 1. The minimum absolute atomic E-state index is 0.115. The third-order valence-corrected chi connectivity index (χ3v) is 5.52. The zero-order chi connectivity index (χ0) is 17.5. The monoisotopic (exact) mass is 358 g/mol. The van der Waals surface area contributed by atoms with Crippen LogP contribution in [0.25, 0.3) is 0 Å². The summed E-state index contributed by atoms with van der Waals surface area (Å²) in [5.41, 5.74) is 2.08. The minimum Gasteiger partial charge on any atom is -0.334 e. The van der Waals surface area contributed by atoms with Crippen molar-refractivity contribution in [3.8, 4) is 0 Å². The number of piperidine rings is 1. The van der Waals surface area contributed by atoms with Gasteiger partial charge in [0.1, 0.15) is 5.82 Å². The topological polar surface area (TPSA) is 33.2 Å². The summed E-state index contributed by atoms with van der Waals surface area (Å²) in [6.45, 7) is 0.822. The molecule has 1 aromatic carbocycles. The van der Waals surface area contributed by atoms with Gasteiger partial charge < -0.3 is 4.90 Å². The highest BCUT2D eigenvalue weighted by atomic mass is 32.2. The van der Waals surface area contributed by atoms with Crippen LogP contribution in [0.4, 0.5) is 4.39 Å². The molecule has 1 aliphatic heterocycles. The van der Waals surface area contributed by atoms with Gasteiger partial charge in [0.15, 0.2) is 0 Å². The number of amides is 1. The molecule has 2 heterocycles. The first-order chi connectivity index (χ1) is 12.2. The van der Waals surface area contributed by atoms with E-state index in [0.29, 0.717) is 6.42 Å². The molecule has 0 N–H and O–H groups in total. The summed E-state index contributed by atoms with van der Waals surface area (Å²) in [5.74, 6) is 1.58. The number of likely N-dealkylation sites (tertiary alicyclic amines) is 1. The number of thioether (sulfide) groups is 1. The van der Waals surface area contributed by atoms with Crippen LogP contribution in [-0.2, 0) is 10.5 Å². The number of nitrogens with zero attached hydrogens (tertiary/aromatic N) is 2. The van der Waals surface area contributed by atoms with Crippen LogP contribution in [0.1, 0.15) is 43.0 Å². The molecule has 0 spiro atoms. The van der Waals surface area contributed by atoms with Crippen molar-refractivity contribution in [1.29, 1.82) is 0 Å². The summed E-state index contributed by atoms with van der Waals surface area (Å²) >= 11 is 1.72. The van der Waals surface area contributed by atoms with Crippen LogP contribution in [-0.4, -0.2) is 28.1 Å². The van der Waals surface area contributed by atoms with E-state index in [1.54, 1.807) is 30.1 Å². The van der Waals surface area contributed by atoms with Crippen molar-refractivity contribution < 1.29 is 9.18 Å². The van der Waals surface area contributed by atoms with Gasteiger partial charge in [0.2, 0.25) is 5.91 Å². The average Bonchev–Trinajstić information content (AvgIpc) is 2.67. The number of rotatable bonds is 6. The van der Waals surface area contributed by atoms with Gasteiger partial charge in [-0.3, -0.25) is 9.78 Å². The summed E-state index contributed by atoms with van der Waals surface area (Å²) in [4.78, 5) is 19.1. The first-order valence-electron chi connectivity index (χ1n) is 8.76. The van der Waals surface area contributed by atoms with Gasteiger partial charge in [-0.05, 0) is 49.1 Å². The Hall–Kier alpha value is -1.88. The molecule has 2 aromatic rings. The molecule has 3 rings (SSSR count). The fourth-order valence-electron chi connectivity index (χ4n) is 3.18. The van der Waals surface area contributed by atoms with E-state index in [-0.39, 0.29) is 17.8 Å². The number of benzene rings is 1. The van der Waals surface area contributed by atoms with Gasteiger partial charge in [-0.1, -0.05) is 18.2 Å². The Balaban J connectivity index is 1.50. The number of carbonyl (C=O) groups excluding carboxylic acids is 1. The number of hydrogen-bond acceptors (Lipinski definition) is 3. The maximum atomic E-state index is 12.9. The quantitative estimate of drug-likeness (QED) is 0.708. The largest absolute Gasteiger partial charge is 0.334 e. The number of aromatic nitrogens is 1. The molecule has 0 radical (unpaired) electrons. The molecule has 1 saturated heterocycles. The van der Waals surface area contributed by atoms with Crippen LogP contribution in [0.15, 0.2) is 48.7 Å². The fraction of sp³-hybridized carbons (Fsp3) is 0.400. The SMILES string of the molecule is O=C(CCSCc1ccc(F)cc1)N1CCCC[C@H]1c1ccccn1. The molecule has 1 atom stereocenters. The lowest BCUT2D eigenvalue weighted by Crippen LogP contribution is -2.39. The molecule has 1 fully saturated rings. The Morgan fingerprint density at radius 3 is 2.80 bits per heavy atom. The predicted octanol–water partition coefficient (Wildman–Crippen LogP) is 4.60. The lowest BCUT2D eigenvalue weighted by molar-refractivity contribution is -0.134. The zero-order valence-electron chi connectivity index (χ0n) is 14.2. The predicted molar refractivity (Wildman–Crippen MR) is 99.7 cm³/mol. The molecule has 0 saturated carbocycles. The Labute approximate surface area is 152 Å². The second-order valence-corrected chi connectivity index (χ2v) is 7.39. The van der Waals surface area contributed by atoms with Crippen molar-refractivity contribution in [2.24, 2.45) is 0 Å². The molecule has 25 heavy (non-hydrogen) atoms. The standard InChI is InChI=1S/C20H23FN2OS/c21-17-9-7-16(8-10-17)15-25-14-11-20(24)23-13-4-2-6-19(23)18-5-1-3-12-22-18/h1,3,5,7-10,12,19H,2,4,6,11,13-15H2/t19-/m0/s1. The Kier molecular flexibility index (Phi) is 6.45. The van der Waals surface area contributed by atoms with Crippen LogP contribution < -0.4 is 0 Å². The molecule has 3 nitrogen and oxygen atoms in total. The van der Waals surface area contributed by atoms with Gasteiger partial charge >= 0.3 is 0 Å². The minimum atomic E-state index is -0.213. The molecular weight excluding hydrogens is 335 g/mol. The third-order valence-electron chi connectivity index (χ3n) is 4.49. The maximum Gasteiger partial charge on any atom is 0.223 e. The van der Waals surface area contributed by atoms with Gasteiger partial charge in [0, 0.05) is 30.7 Å². The van der Waals surface area contributed by atoms with Gasteiger partial charge in [-0.15, -0.1) is 0 Å². The van der Waals surface area contributed by atoms with E-state index in [4.69, 9.17) is 0 Å². The van der Waals surface area contributed by atoms with Crippen molar-refractivity contribution in [2.45, 2.75) is 37.5 Å². The van der Waals surface area contributed by atoms with Gasteiger partial charge in [0.25, 0.3) is 0 Å². The lowest BCUT2D eigenvalue weighted by atomic mass is 9.98. The van der Waals surface area contributed by atoms with Crippen LogP contribution in [0.2, 0.25) is 0 Å². The fourth-order valence-corrected chi connectivity index (χ4v) is 4.08. The van der Waals surface area contributed by atoms with E-state index in [1.165, 1.54) is 12.1 Å². The summed E-state index contributed by atoms with van der Waals surface area (Å²) < 4.78 is 12.9. The summed E-state index contributed by atoms with van der Waals surface area (Å²) in [6.07, 6.45) is 5.54. The average molecular weight is 358 g/mol. The number of halogens is 1. The summed E-state index contributed by atoms with van der Waals surface area (Å²) in [5, 5.41) is 0. The Morgan fingerprint density at radius 2 is 2.04 bits per heavy atom. The molecule has 1 aromatic heterocycles. The van der Waals surface area contributed by atoms with Gasteiger partial charge in [0.05, 0.1) is 11.7 Å². The van der Waals surface area contributed by atoms with Gasteiger partial charge in [-0.2, -0.15) is 11.8 Å². The van der Waals surface area contributed by atoms with Crippen LogP contribution in [0.5, 0.6) is 0 Å². The molecule has 132 valence electrons. The van der Waals surface area contributed by atoms with Crippen LogP contribution in [0.3, 0.4) is 0 Å². The highest BCUT2D eigenvalue weighted by Gasteiger charge is 2.28. The van der Waals surface area contributed by atoms with Crippen molar-refractivity contribution in [3.05, 3.63) is 65.7 Å². The lowest BCUT2D eigenvalue weighted by Gasteiger charge is -2.35. The van der Waals surface area contributed by atoms with Gasteiger partial charge in [-0.25, -0.2) is 4.39 Å².